The van der Waals surface area contributed by atoms with Crippen LogP contribution in [0.3, 0.4) is 0 Å². The smallest absolute Gasteiger partial charge is 0.329 e. The normalized spacial score (nSPS) is 22.5. The van der Waals surface area contributed by atoms with E-state index < -0.39 is 41.6 Å². The van der Waals surface area contributed by atoms with Crippen LogP contribution in [0.1, 0.15) is 39.5 Å². The van der Waals surface area contributed by atoms with Crippen molar-refractivity contribution in [2.75, 3.05) is 20.3 Å². The maximum Gasteiger partial charge on any atom is 0.329 e. The van der Waals surface area contributed by atoms with Crippen molar-refractivity contribution in [3.8, 4) is 0 Å². The Morgan fingerprint density at radius 2 is 1.80 bits per heavy atom. The van der Waals surface area contributed by atoms with Gasteiger partial charge in [0.2, 0.25) is 23.6 Å². The van der Waals surface area contributed by atoms with Gasteiger partial charge in [-0.1, -0.05) is 19.1 Å². The first-order chi connectivity index (χ1) is 14.1. The van der Waals surface area contributed by atoms with Crippen molar-refractivity contribution < 1.29 is 38.2 Å². The van der Waals surface area contributed by atoms with Gasteiger partial charge >= 0.3 is 11.9 Å². The molecule has 0 aromatic rings. The minimum atomic E-state index is -1.31. The SMILES string of the molecule is C=C(C)C1CC(=O)N(C(CCC(=O)OC)C(=O)OCCN2C(=O)CC(C)C2=O)C1=O. The van der Waals surface area contributed by atoms with Crippen LogP contribution in [-0.2, 0) is 38.2 Å². The molecule has 0 aromatic carbocycles. The van der Waals surface area contributed by atoms with Gasteiger partial charge in [0.1, 0.15) is 12.6 Å². The molecule has 0 aromatic heterocycles. The molecule has 0 aliphatic carbocycles. The Morgan fingerprint density at radius 1 is 1.13 bits per heavy atom. The molecule has 10 nitrogen and oxygen atoms in total. The van der Waals surface area contributed by atoms with Crippen molar-refractivity contribution in [1.82, 2.24) is 9.80 Å². The topological polar surface area (TPSA) is 127 Å². The fourth-order valence-corrected chi connectivity index (χ4v) is 3.49. The molecule has 2 saturated heterocycles. The lowest BCUT2D eigenvalue weighted by Gasteiger charge is -2.25. The Kier molecular flexibility index (Phi) is 7.47. The molecule has 2 aliphatic heterocycles. The van der Waals surface area contributed by atoms with Crippen molar-refractivity contribution in [1.29, 1.82) is 0 Å². The molecule has 2 fully saturated rings. The maximum absolute atomic E-state index is 12.7. The van der Waals surface area contributed by atoms with Crippen molar-refractivity contribution in [3.05, 3.63) is 12.2 Å². The number of ether oxygens (including phenoxy) is 2. The second-order valence-corrected chi connectivity index (χ2v) is 7.49. The number of esters is 2. The first kappa shape index (κ1) is 23.2. The molecule has 30 heavy (non-hydrogen) atoms. The summed E-state index contributed by atoms with van der Waals surface area (Å²) in [6.07, 6.45) is -0.366. The number of imide groups is 2. The van der Waals surface area contributed by atoms with Gasteiger partial charge in [-0.3, -0.25) is 33.8 Å². The summed E-state index contributed by atoms with van der Waals surface area (Å²) in [6.45, 7) is 6.56. The van der Waals surface area contributed by atoms with Gasteiger partial charge in [0.05, 0.1) is 19.6 Å². The monoisotopic (exact) mass is 422 g/mol. The van der Waals surface area contributed by atoms with E-state index in [1.165, 1.54) is 7.11 Å². The van der Waals surface area contributed by atoms with E-state index in [0.717, 1.165) is 9.80 Å². The van der Waals surface area contributed by atoms with Crippen molar-refractivity contribution >= 4 is 35.6 Å². The van der Waals surface area contributed by atoms with E-state index in [4.69, 9.17) is 4.74 Å². The zero-order chi connectivity index (χ0) is 22.6. The molecule has 2 rings (SSSR count). The number of carbonyl (C=O) groups is 6. The zero-order valence-electron chi connectivity index (χ0n) is 17.3. The predicted octanol–water partition coefficient (Wildman–Crippen LogP) is 0.198. The fourth-order valence-electron chi connectivity index (χ4n) is 3.49. The minimum Gasteiger partial charge on any atom is -0.469 e. The lowest BCUT2D eigenvalue weighted by molar-refractivity contribution is -0.160. The minimum absolute atomic E-state index is 0.105. The van der Waals surface area contributed by atoms with Gasteiger partial charge in [0, 0.05) is 25.2 Å². The van der Waals surface area contributed by atoms with Crippen LogP contribution < -0.4 is 0 Å². The van der Waals surface area contributed by atoms with Crippen molar-refractivity contribution in [2.45, 2.75) is 45.6 Å². The molecule has 10 heteroatoms. The Balaban J connectivity index is 2.07. The third-order valence-electron chi connectivity index (χ3n) is 5.24. The zero-order valence-corrected chi connectivity index (χ0v) is 17.3. The van der Waals surface area contributed by atoms with Gasteiger partial charge in [-0.2, -0.15) is 0 Å². The standard InChI is InChI=1S/C20H26N2O8/c1-11(2)13-10-16(24)22(19(13)27)14(5-6-17(25)29-4)20(28)30-8-7-21-15(23)9-12(3)18(21)26/h12-14H,1,5-10H2,2-4H3. The van der Waals surface area contributed by atoms with E-state index in [-0.39, 0.29) is 50.6 Å². The lowest BCUT2D eigenvalue weighted by Crippen LogP contribution is -2.47. The van der Waals surface area contributed by atoms with Crippen LogP contribution in [0.2, 0.25) is 0 Å². The summed E-state index contributed by atoms with van der Waals surface area (Å²) in [6, 6.07) is -1.31. The second-order valence-electron chi connectivity index (χ2n) is 7.49. The number of hydrogen-bond donors (Lipinski definition) is 0. The summed E-state index contributed by atoms with van der Waals surface area (Å²) in [7, 11) is 1.18. The molecule has 0 spiro atoms. The molecule has 0 N–H and O–H groups in total. The lowest BCUT2D eigenvalue weighted by atomic mass is 10.0. The van der Waals surface area contributed by atoms with Crippen LogP contribution in [-0.4, -0.2) is 71.7 Å². The van der Waals surface area contributed by atoms with Gasteiger partial charge < -0.3 is 9.47 Å². The Hall–Kier alpha value is -3.04. The summed E-state index contributed by atoms with van der Waals surface area (Å²) in [5.74, 6) is -4.46. The quantitative estimate of drug-likeness (QED) is 0.293. The first-order valence-electron chi connectivity index (χ1n) is 9.67. The molecule has 0 saturated carbocycles. The predicted molar refractivity (Wildman–Crippen MR) is 101 cm³/mol. The van der Waals surface area contributed by atoms with Gasteiger partial charge in [-0.25, -0.2) is 4.79 Å². The highest BCUT2D eigenvalue weighted by molar-refractivity contribution is 6.07. The Morgan fingerprint density at radius 3 is 2.30 bits per heavy atom. The number of methoxy groups -OCH3 is 1. The van der Waals surface area contributed by atoms with Crippen LogP contribution in [0, 0.1) is 11.8 Å². The maximum atomic E-state index is 12.7. The van der Waals surface area contributed by atoms with Gasteiger partial charge in [0.25, 0.3) is 0 Å². The van der Waals surface area contributed by atoms with E-state index in [1.54, 1.807) is 13.8 Å². The van der Waals surface area contributed by atoms with Crippen LogP contribution >= 0.6 is 0 Å². The van der Waals surface area contributed by atoms with Crippen LogP contribution in [0.15, 0.2) is 12.2 Å². The van der Waals surface area contributed by atoms with E-state index >= 15 is 0 Å². The molecule has 2 heterocycles. The molecule has 0 bridgehead atoms. The average molecular weight is 422 g/mol. The Labute approximate surface area is 174 Å². The summed E-state index contributed by atoms with van der Waals surface area (Å²) in [5.41, 5.74) is 0.496. The average Bonchev–Trinajstić information content (AvgIpc) is 3.11. The molecular weight excluding hydrogens is 396 g/mol. The third kappa shape index (κ3) is 4.92. The summed E-state index contributed by atoms with van der Waals surface area (Å²) in [4.78, 5) is 74.8. The number of hydrogen-bond acceptors (Lipinski definition) is 8. The van der Waals surface area contributed by atoms with Crippen molar-refractivity contribution in [3.63, 3.8) is 0 Å². The van der Waals surface area contributed by atoms with Crippen molar-refractivity contribution in [2.24, 2.45) is 11.8 Å². The largest absolute Gasteiger partial charge is 0.469 e. The van der Waals surface area contributed by atoms with E-state index in [2.05, 4.69) is 11.3 Å². The van der Waals surface area contributed by atoms with Gasteiger partial charge in [-0.05, 0) is 13.3 Å². The number of carbonyl (C=O) groups excluding carboxylic acids is 6. The fraction of sp³-hybridized carbons (Fsp3) is 0.600. The molecule has 0 radical (unpaired) electrons. The number of amides is 4. The Bertz CT molecular complexity index is 790. The van der Waals surface area contributed by atoms with E-state index in [1.807, 2.05) is 0 Å². The van der Waals surface area contributed by atoms with E-state index in [0.29, 0.717) is 5.57 Å². The number of rotatable bonds is 9. The number of likely N-dealkylation sites (tertiary alicyclic amines) is 2. The second kappa shape index (κ2) is 9.64. The van der Waals surface area contributed by atoms with Crippen LogP contribution in [0.4, 0.5) is 0 Å². The molecule has 3 unspecified atom stereocenters. The van der Waals surface area contributed by atoms with E-state index in [9.17, 15) is 28.8 Å². The first-order valence-corrected chi connectivity index (χ1v) is 9.67. The highest BCUT2D eigenvalue weighted by atomic mass is 16.5. The highest BCUT2D eigenvalue weighted by Crippen LogP contribution is 2.29. The van der Waals surface area contributed by atoms with Crippen LogP contribution in [0.25, 0.3) is 0 Å². The van der Waals surface area contributed by atoms with Gasteiger partial charge in [0.15, 0.2) is 0 Å². The summed E-state index contributed by atoms with van der Waals surface area (Å²) >= 11 is 0. The molecule has 4 amide bonds. The molecule has 2 aliphatic rings. The molecule has 3 atom stereocenters. The number of nitrogens with zero attached hydrogens (tertiary/aromatic N) is 2. The third-order valence-corrected chi connectivity index (χ3v) is 5.24. The highest BCUT2D eigenvalue weighted by Gasteiger charge is 2.45. The summed E-state index contributed by atoms with van der Waals surface area (Å²) in [5, 5.41) is 0. The van der Waals surface area contributed by atoms with Gasteiger partial charge in [-0.15, -0.1) is 0 Å². The molecule has 164 valence electrons. The summed E-state index contributed by atoms with van der Waals surface area (Å²) < 4.78 is 9.73. The molecular formula is C20H26N2O8. The van der Waals surface area contributed by atoms with Crippen LogP contribution in [0.5, 0.6) is 0 Å².